The molecule has 2 heteroatoms. The van der Waals surface area contributed by atoms with Crippen molar-refractivity contribution in [2.45, 2.75) is 33.6 Å². The number of hydrogen-bond donors (Lipinski definition) is 1. The first-order chi connectivity index (χ1) is 11.0. The second-order valence-electron chi connectivity index (χ2n) is 6.98. The molecule has 0 unspecified atom stereocenters. The van der Waals surface area contributed by atoms with Crippen LogP contribution in [0.3, 0.4) is 0 Å². The Morgan fingerprint density at radius 1 is 1.09 bits per heavy atom. The van der Waals surface area contributed by atoms with Gasteiger partial charge in [0.15, 0.2) is 5.78 Å². The van der Waals surface area contributed by atoms with Crippen molar-refractivity contribution in [2.75, 3.05) is 0 Å². The molecule has 1 fully saturated rings. The van der Waals surface area contributed by atoms with E-state index < -0.39 is 0 Å². The van der Waals surface area contributed by atoms with E-state index in [1.54, 1.807) is 0 Å². The molecule has 2 aromatic rings. The highest BCUT2D eigenvalue weighted by Crippen LogP contribution is 2.38. The first kappa shape index (κ1) is 15.8. The lowest BCUT2D eigenvalue weighted by Crippen LogP contribution is -2.31. The van der Waals surface area contributed by atoms with Crippen molar-refractivity contribution in [2.24, 2.45) is 17.8 Å². The summed E-state index contributed by atoms with van der Waals surface area (Å²) >= 11 is 0. The largest absolute Gasteiger partial charge is 0.507 e. The van der Waals surface area contributed by atoms with Gasteiger partial charge in [0, 0.05) is 17.1 Å². The monoisotopic (exact) mass is 308 g/mol. The first-order valence-corrected chi connectivity index (χ1v) is 8.46. The van der Waals surface area contributed by atoms with Crippen LogP contribution in [0, 0.1) is 17.8 Å². The molecule has 0 radical (unpaired) electrons. The maximum atomic E-state index is 12.9. The number of rotatable bonds is 2. The molecule has 0 heterocycles. The van der Waals surface area contributed by atoms with Gasteiger partial charge in [-0.1, -0.05) is 63.2 Å². The summed E-state index contributed by atoms with van der Waals surface area (Å²) < 4.78 is 0. The van der Waals surface area contributed by atoms with Gasteiger partial charge in [-0.15, -0.1) is 0 Å². The molecular formula is C21H24O2. The minimum absolute atomic E-state index is 0.0262. The zero-order valence-corrected chi connectivity index (χ0v) is 14.0. The minimum Gasteiger partial charge on any atom is -0.507 e. The van der Waals surface area contributed by atoms with Gasteiger partial charge < -0.3 is 5.11 Å². The van der Waals surface area contributed by atoms with Crippen LogP contribution in [-0.2, 0) is 4.79 Å². The van der Waals surface area contributed by atoms with E-state index in [0.717, 1.165) is 29.2 Å². The topological polar surface area (TPSA) is 37.3 Å². The third-order valence-electron chi connectivity index (χ3n) is 5.11. The lowest BCUT2D eigenvalue weighted by Gasteiger charge is -2.31. The number of aliphatic hydroxyl groups excluding tert-OH is 1. The van der Waals surface area contributed by atoms with Crippen LogP contribution >= 0.6 is 0 Å². The van der Waals surface area contributed by atoms with Crippen molar-refractivity contribution in [3.8, 4) is 0 Å². The van der Waals surface area contributed by atoms with Crippen LogP contribution in [0.25, 0.3) is 16.5 Å². The van der Waals surface area contributed by atoms with Crippen molar-refractivity contribution in [1.29, 1.82) is 0 Å². The van der Waals surface area contributed by atoms with Crippen LogP contribution in [0.1, 0.15) is 39.2 Å². The van der Waals surface area contributed by atoms with Crippen molar-refractivity contribution in [1.82, 2.24) is 0 Å². The predicted molar refractivity (Wildman–Crippen MR) is 95.2 cm³/mol. The molecule has 0 aromatic heterocycles. The Hall–Kier alpha value is -2.09. The summed E-state index contributed by atoms with van der Waals surface area (Å²) in [6.45, 7) is 6.22. The molecule has 2 atom stereocenters. The molecule has 0 spiro atoms. The van der Waals surface area contributed by atoms with Crippen molar-refractivity contribution in [3.63, 3.8) is 0 Å². The summed E-state index contributed by atoms with van der Waals surface area (Å²) in [6, 6.07) is 13.8. The lowest BCUT2D eigenvalue weighted by molar-refractivity contribution is -0.122. The van der Waals surface area contributed by atoms with Gasteiger partial charge in [-0.3, -0.25) is 4.79 Å². The molecule has 23 heavy (non-hydrogen) atoms. The van der Waals surface area contributed by atoms with Crippen molar-refractivity contribution >= 4 is 22.3 Å². The van der Waals surface area contributed by atoms with Crippen LogP contribution in [0.2, 0.25) is 0 Å². The van der Waals surface area contributed by atoms with Gasteiger partial charge >= 0.3 is 0 Å². The number of fused-ring (bicyclic) bond motifs is 1. The molecule has 2 nitrogen and oxygen atoms in total. The quantitative estimate of drug-likeness (QED) is 0.597. The summed E-state index contributed by atoms with van der Waals surface area (Å²) in [5, 5.41) is 13.0. The average Bonchev–Trinajstić information content (AvgIpc) is 2.53. The summed E-state index contributed by atoms with van der Waals surface area (Å²) in [5.41, 5.74) is 1.38. The van der Waals surface area contributed by atoms with E-state index in [1.807, 2.05) is 49.4 Å². The normalized spacial score (nSPS) is 24.3. The molecule has 0 amide bonds. The fourth-order valence-corrected chi connectivity index (χ4v) is 3.71. The Kier molecular flexibility index (Phi) is 4.25. The molecular weight excluding hydrogens is 284 g/mol. The third-order valence-corrected chi connectivity index (χ3v) is 5.11. The van der Waals surface area contributed by atoms with Gasteiger partial charge in [0.2, 0.25) is 0 Å². The zero-order chi connectivity index (χ0) is 16.6. The van der Waals surface area contributed by atoms with Crippen LogP contribution in [-0.4, -0.2) is 10.9 Å². The molecule has 2 aromatic carbocycles. The fraction of sp³-hybridized carbons (Fsp3) is 0.381. The Labute approximate surface area is 137 Å². The fourth-order valence-electron chi connectivity index (χ4n) is 3.71. The van der Waals surface area contributed by atoms with E-state index in [-0.39, 0.29) is 23.4 Å². The van der Waals surface area contributed by atoms with Gasteiger partial charge in [-0.05, 0) is 35.4 Å². The molecule has 0 saturated heterocycles. The van der Waals surface area contributed by atoms with Crippen LogP contribution in [0.4, 0.5) is 0 Å². The number of hydrogen-bond acceptors (Lipinski definition) is 2. The summed E-state index contributed by atoms with van der Waals surface area (Å²) in [5.74, 6) is 0.744. The Balaban J connectivity index is 2.16. The van der Waals surface area contributed by atoms with E-state index >= 15 is 0 Å². The van der Waals surface area contributed by atoms with E-state index in [9.17, 15) is 9.90 Å². The van der Waals surface area contributed by atoms with Crippen LogP contribution in [0.15, 0.2) is 48.0 Å². The molecule has 1 aliphatic rings. The smallest absolute Gasteiger partial charge is 0.166 e. The van der Waals surface area contributed by atoms with E-state index in [1.165, 1.54) is 0 Å². The lowest BCUT2D eigenvalue weighted by atomic mass is 9.72. The average molecular weight is 308 g/mol. The summed E-state index contributed by atoms with van der Waals surface area (Å²) in [4.78, 5) is 12.9. The number of carbonyl (C=O) groups is 1. The van der Waals surface area contributed by atoms with Gasteiger partial charge in [-0.2, -0.15) is 0 Å². The highest BCUT2D eigenvalue weighted by molar-refractivity contribution is 6.06. The number of carbonyl (C=O) groups excluding carboxylic acids is 1. The maximum Gasteiger partial charge on any atom is 0.166 e. The molecule has 1 saturated carbocycles. The van der Waals surface area contributed by atoms with Gasteiger partial charge in [-0.25, -0.2) is 0 Å². The number of Topliss-reactive ketones (excluding diaryl/α,β-unsaturated/α-hetero) is 1. The zero-order valence-electron chi connectivity index (χ0n) is 14.0. The minimum atomic E-state index is 0.0262. The number of allylic oxidation sites excluding steroid dienone is 1. The van der Waals surface area contributed by atoms with E-state index in [4.69, 9.17) is 0 Å². The molecule has 3 rings (SSSR count). The Morgan fingerprint density at radius 2 is 1.78 bits per heavy atom. The number of aliphatic hydroxyl groups is 1. The molecule has 120 valence electrons. The van der Waals surface area contributed by atoms with Gasteiger partial charge in [0.05, 0.1) is 0 Å². The number of ketones is 1. The number of benzene rings is 2. The van der Waals surface area contributed by atoms with E-state index in [2.05, 4.69) is 13.8 Å². The Morgan fingerprint density at radius 3 is 2.52 bits per heavy atom. The molecule has 1 aliphatic carbocycles. The highest BCUT2D eigenvalue weighted by atomic mass is 16.3. The van der Waals surface area contributed by atoms with E-state index in [0.29, 0.717) is 11.5 Å². The third kappa shape index (κ3) is 2.78. The standard InChI is InChI=1S/C21H24O2/c1-13(2)16-12-11-14(3)19(20(16)22)21(23)18-10-6-8-15-7-4-5-9-17(15)18/h4-10,13-14,16,23H,11-12H2,1-3H3/t14-,16+/m1/s1. The summed E-state index contributed by atoms with van der Waals surface area (Å²) in [6.07, 6.45) is 1.88. The second kappa shape index (κ2) is 6.19. The van der Waals surface area contributed by atoms with Crippen LogP contribution in [0.5, 0.6) is 0 Å². The van der Waals surface area contributed by atoms with Gasteiger partial charge in [0.1, 0.15) is 5.76 Å². The molecule has 0 aliphatic heterocycles. The van der Waals surface area contributed by atoms with Crippen molar-refractivity contribution < 1.29 is 9.90 Å². The van der Waals surface area contributed by atoms with Crippen molar-refractivity contribution in [3.05, 3.63) is 53.6 Å². The first-order valence-electron chi connectivity index (χ1n) is 8.46. The Bertz CT molecular complexity index is 765. The SMILES string of the molecule is CC(C)[C@@H]1CC[C@@H](C)C(=C(O)c2cccc3ccccc23)C1=O. The van der Waals surface area contributed by atoms with Gasteiger partial charge in [0.25, 0.3) is 0 Å². The van der Waals surface area contributed by atoms with Crippen LogP contribution < -0.4 is 0 Å². The summed E-state index contributed by atoms with van der Waals surface area (Å²) in [7, 11) is 0. The second-order valence-corrected chi connectivity index (χ2v) is 6.98. The predicted octanol–water partition coefficient (Wildman–Crippen LogP) is 5.38. The molecule has 0 bridgehead atoms. The maximum absolute atomic E-state index is 12.9. The molecule has 1 N–H and O–H groups in total. The highest BCUT2D eigenvalue weighted by Gasteiger charge is 2.35.